The van der Waals surface area contributed by atoms with Gasteiger partial charge in [0.15, 0.2) is 0 Å². The van der Waals surface area contributed by atoms with E-state index in [4.69, 9.17) is 11.6 Å². The summed E-state index contributed by atoms with van der Waals surface area (Å²) in [4.78, 5) is 0. The molecule has 0 aromatic heterocycles. The molecule has 1 saturated heterocycles. The van der Waals surface area contributed by atoms with E-state index >= 15 is 0 Å². The van der Waals surface area contributed by atoms with Gasteiger partial charge in [-0.2, -0.15) is 0 Å². The predicted molar refractivity (Wildman–Crippen MR) is 80.8 cm³/mol. The molecule has 2 atom stereocenters. The Morgan fingerprint density at radius 3 is 2.20 bits per heavy atom. The normalized spacial score (nSPS) is 22.7. The highest BCUT2D eigenvalue weighted by Crippen LogP contribution is 2.37. The van der Waals surface area contributed by atoms with Crippen molar-refractivity contribution in [2.24, 2.45) is 0 Å². The molecule has 3 heteroatoms. The van der Waals surface area contributed by atoms with Crippen molar-refractivity contribution >= 4 is 11.6 Å². The first kappa shape index (κ1) is 13.6. The van der Waals surface area contributed by atoms with Crippen LogP contribution in [0, 0.1) is 5.82 Å². The fourth-order valence-corrected chi connectivity index (χ4v) is 3.15. The Bertz CT molecular complexity index is 511. The molecular weight excluding hydrogens is 273 g/mol. The molecular formula is C17H17ClFN. The Labute approximate surface area is 123 Å². The fraction of sp³-hybridized carbons (Fsp3) is 0.294. The van der Waals surface area contributed by atoms with E-state index < -0.39 is 0 Å². The quantitative estimate of drug-likeness (QED) is 0.867. The molecule has 0 radical (unpaired) electrons. The zero-order valence-corrected chi connectivity index (χ0v) is 11.9. The summed E-state index contributed by atoms with van der Waals surface area (Å²) in [6.45, 7) is 1.95. The van der Waals surface area contributed by atoms with Crippen LogP contribution in [0.4, 0.5) is 4.39 Å². The summed E-state index contributed by atoms with van der Waals surface area (Å²) in [6, 6.07) is 15.0. The van der Waals surface area contributed by atoms with E-state index in [9.17, 15) is 4.39 Å². The summed E-state index contributed by atoms with van der Waals surface area (Å²) < 4.78 is 13.1. The van der Waals surface area contributed by atoms with Crippen LogP contribution in [0.2, 0.25) is 5.02 Å². The summed E-state index contributed by atoms with van der Waals surface area (Å²) in [5, 5.41) is 4.20. The Balaban J connectivity index is 1.90. The number of hydrogen-bond donors (Lipinski definition) is 1. The highest BCUT2D eigenvalue weighted by atomic mass is 35.5. The minimum Gasteiger partial charge on any atom is -0.316 e. The maximum absolute atomic E-state index is 13.1. The lowest BCUT2D eigenvalue weighted by Gasteiger charge is -2.33. The average molecular weight is 290 g/mol. The van der Waals surface area contributed by atoms with Gasteiger partial charge in [0, 0.05) is 17.5 Å². The fourth-order valence-electron chi connectivity index (χ4n) is 3.03. The molecule has 104 valence electrons. The third-order valence-corrected chi connectivity index (χ3v) is 4.33. The van der Waals surface area contributed by atoms with Crippen LogP contribution in [-0.2, 0) is 0 Å². The van der Waals surface area contributed by atoms with Gasteiger partial charge in [-0.3, -0.25) is 0 Å². The van der Waals surface area contributed by atoms with Gasteiger partial charge in [0.05, 0.1) is 0 Å². The molecule has 0 amide bonds. The first-order chi connectivity index (χ1) is 9.74. The maximum atomic E-state index is 13.1. The molecule has 20 heavy (non-hydrogen) atoms. The number of piperidine rings is 1. The summed E-state index contributed by atoms with van der Waals surface area (Å²) in [5.41, 5.74) is 2.50. The van der Waals surface area contributed by atoms with Crippen LogP contribution in [0.25, 0.3) is 0 Å². The summed E-state index contributed by atoms with van der Waals surface area (Å²) in [7, 11) is 0. The zero-order valence-electron chi connectivity index (χ0n) is 11.2. The number of hydrogen-bond acceptors (Lipinski definition) is 1. The lowest BCUT2D eigenvalue weighted by atomic mass is 9.77. The Morgan fingerprint density at radius 1 is 0.900 bits per heavy atom. The van der Waals surface area contributed by atoms with E-state index in [0.717, 1.165) is 24.5 Å². The molecule has 1 aliphatic rings. The van der Waals surface area contributed by atoms with Crippen molar-refractivity contribution in [1.82, 2.24) is 5.32 Å². The van der Waals surface area contributed by atoms with Crippen LogP contribution in [-0.4, -0.2) is 13.1 Å². The Morgan fingerprint density at radius 2 is 1.50 bits per heavy atom. The summed E-state index contributed by atoms with van der Waals surface area (Å²) in [5.74, 6) is 0.657. The van der Waals surface area contributed by atoms with Crippen molar-refractivity contribution < 1.29 is 4.39 Å². The van der Waals surface area contributed by atoms with Crippen molar-refractivity contribution in [3.63, 3.8) is 0 Å². The third kappa shape index (κ3) is 2.87. The highest BCUT2D eigenvalue weighted by Gasteiger charge is 2.27. The lowest BCUT2D eigenvalue weighted by Crippen LogP contribution is -2.34. The molecule has 1 aliphatic heterocycles. The minimum atomic E-state index is -0.180. The molecule has 2 aromatic rings. The smallest absolute Gasteiger partial charge is 0.123 e. The number of nitrogens with one attached hydrogen (secondary N) is 1. The first-order valence-corrected chi connectivity index (χ1v) is 7.33. The molecule has 3 rings (SSSR count). The number of rotatable bonds is 2. The van der Waals surface area contributed by atoms with Crippen molar-refractivity contribution in [2.75, 3.05) is 13.1 Å². The van der Waals surface area contributed by atoms with E-state index in [-0.39, 0.29) is 5.82 Å². The van der Waals surface area contributed by atoms with Crippen LogP contribution in [0.5, 0.6) is 0 Å². The van der Waals surface area contributed by atoms with Crippen LogP contribution in [0.15, 0.2) is 48.5 Å². The largest absolute Gasteiger partial charge is 0.316 e. The molecule has 2 aromatic carbocycles. The molecule has 0 aliphatic carbocycles. The van der Waals surface area contributed by atoms with Crippen LogP contribution in [0.3, 0.4) is 0 Å². The second-order valence-corrected chi connectivity index (χ2v) is 5.75. The second-order valence-electron chi connectivity index (χ2n) is 5.31. The number of benzene rings is 2. The molecule has 1 N–H and O–H groups in total. The van der Waals surface area contributed by atoms with Gasteiger partial charge in [0.25, 0.3) is 0 Å². The highest BCUT2D eigenvalue weighted by molar-refractivity contribution is 6.30. The molecule has 1 nitrogen and oxygen atoms in total. The lowest BCUT2D eigenvalue weighted by molar-refractivity contribution is 0.404. The van der Waals surface area contributed by atoms with E-state index in [1.807, 2.05) is 24.3 Å². The molecule has 1 fully saturated rings. The van der Waals surface area contributed by atoms with Gasteiger partial charge in [-0.05, 0) is 54.3 Å². The molecule has 0 saturated carbocycles. The monoisotopic (exact) mass is 289 g/mol. The topological polar surface area (TPSA) is 12.0 Å². The third-order valence-electron chi connectivity index (χ3n) is 4.08. The van der Waals surface area contributed by atoms with Gasteiger partial charge in [0.1, 0.15) is 5.82 Å². The predicted octanol–water partition coefficient (Wildman–Crippen LogP) is 4.34. The van der Waals surface area contributed by atoms with Crippen molar-refractivity contribution in [2.45, 2.75) is 18.3 Å². The van der Waals surface area contributed by atoms with Crippen molar-refractivity contribution in [3.05, 3.63) is 70.5 Å². The summed E-state index contributed by atoms with van der Waals surface area (Å²) in [6.07, 6.45) is 1.09. The standard InChI is InChI=1S/C17H17ClFN/c18-14-5-1-12(2-6-14)16-9-10-20-11-17(16)13-3-7-15(19)8-4-13/h1-8,16-17,20H,9-11H2. The maximum Gasteiger partial charge on any atom is 0.123 e. The van der Waals surface area contributed by atoms with Gasteiger partial charge < -0.3 is 5.32 Å². The second kappa shape index (κ2) is 5.94. The van der Waals surface area contributed by atoms with E-state index in [0.29, 0.717) is 11.8 Å². The van der Waals surface area contributed by atoms with Crippen LogP contribution < -0.4 is 5.32 Å². The van der Waals surface area contributed by atoms with E-state index in [1.54, 1.807) is 12.1 Å². The summed E-state index contributed by atoms with van der Waals surface area (Å²) >= 11 is 5.97. The average Bonchev–Trinajstić information content (AvgIpc) is 2.49. The van der Waals surface area contributed by atoms with Gasteiger partial charge in [-0.25, -0.2) is 4.39 Å². The zero-order chi connectivity index (χ0) is 13.9. The van der Waals surface area contributed by atoms with E-state index in [2.05, 4.69) is 17.4 Å². The molecule has 0 spiro atoms. The SMILES string of the molecule is Fc1ccc(C2CNCCC2c2ccc(Cl)cc2)cc1. The van der Waals surface area contributed by atoms with E-state index in [1.165, 1.54) is 11.1 Å². The van der Waals surface area contributed by atoms with Crippen molar-refractivity contribution in [1.29, 1.82) is 0 Å². The first-order valence-electron chi connectivity index (χ1n) is 6.95. The molecule has 0 bridgehead atoms. The van der Waals surface area contributed by atoms with Gasteiger partial charge >= 0.3 is 0 Å². The van der Waals surface area contributed by atoms with Crippen molar-refractivity contribution in [3.8, 4) is 0 Å². The Kier molecular flexibility index (Phi) is 4.04. The van der Waals surface area contributed by atoms with Gasteiger partial charge in [0.2, 0.25) is 0 Å². The minimum absolute atomic E-state index is 0.180. The molecule has 2 unspecified atom stereocenters. The Hall–Kier alpha value is -1.38. The number of halogens is 2. The van der Waals surface area contributed by atoms with Gasteiger partial charge in [-0.1, -0.05) is 35.9 Å². The molecule has 1 heterocycles. The van der Waals surface area contributed by atoms with Crippen LogP contribution >= 0.6 is 11.6 Å². The van der Waals surface area contributed by atoms with Crippen LogP contribution in [0.1, 0.15) is 29.4 Å². The van der Waals surface area contributed by atoms with Gasteiger partial charge in [-0.15, -0.1) is 0 Å².